The van der Waals surface area contributed by atoms with E-state index < -0.39 is 11.6 Å². The predicted molar refractivity (Wildman–Crippen MR) is 76.2 cm³/mol. The maximum absolute atomic E-state index is 13.2. The number of rotatable bonds is 3. The fourth-order valence-electron chi connectivity index (χ4n) is 2.51. The Hall–Kier alpha value is -1.63. The molecule has 1 aliphatic rings. The van der Waals surface area contributed by atoms with Crippen LogP contribution in [0.4, 0.5) is 18.3 Å². The number of anilines is 1. The van der Waals surface area contributed by atoms with Crippen LogP contribution in [0, 0.1) is 17.6 Å². The standard InChI is InChI=1S/C14H14F3N3S/c15-7-9-2-1-3-20(8-9)14-18-13(19-21-14)10-4-11(16)6-12(17)5-10/h4-6,9H,1-3,7-8H2. The Morgan fingerprint density at radius 2 is 2.00 bits per heavy atom. The number of piperidine rings is 1. The molecule has 1 aromatic heterocycles. The van der Waals surface area contributed by atoms with E-state index in [1.165, 1.54) is 23.7 Å². The van der Waals surface area contributed by atoms with E-state index in [1.807, 2.05) is 4.90 Å². The normalized spacial score (nSPS) is 19.0. The number of alkyl halides is 1. The molecule has 3 rings (SSSR count). The van der Waals surface area contributed by atoms with Gasteiger partial charge in [-0.1, -0.05) is 0 Å². The summed E-state index contributed by atoms with van der Waals surface area (Å²) in [5, 5.41) is 0.674. The Morgan fingerprint density at radius 1 is 1.24 bits per heavy atom. The number of hydrogen-bond acceptors (Lipinski definition) is 4. The Morgan fingerprint density at radius 3 is 2.71 bits per heavy atom. The van der Waals surface area contributed by atoms with Crippen LogP contribution >= 0.6 is 11.5 Å². The molecule has 21 heavy (non-hydrogen) atoms. The predicted octanol–water partition coefficient (Wildman–Crippen LogP) is 3.67. The van der Waals surface area contributed by atoms with Gasteiger partial charge < -0.3 is 4.90 Å². The smallest absolute Gasteiger partial charge is 0.205 e. The lowest BCUT2D eigenvalue weighted by Gasteiger charge is -2.30. The van der Waals surface area contributed by atoms with Gasteiger partial charge in [-0.15, -0.1) is 0 Å². The zero-order valence-corrected chi connectivity index (χ0v) is 12.0. The van der Waals surface area contributed by atoms with E-state index in [0.717, 1.165) is 25.5 Å². The molecule has 1 aromatic carbocycles. The van der Waals surface area contributed by atoms with E-state index in [4.69, 9.17) is 0 Å². The summed E-state index contributed by atoms with van der Waals surface area (Å²) in [7, 11) is 0. The first-order valence-electron chi connectivity index (χ1n) is 6.77. The molecule has 112 valence electrons. The van der Waals surface area contributed by atoms with Gasteiger partial charge in [-0.2, -0.15) is 9.36 Å². The van der Waals surface area contributed by atoms with Crippen LogP contribution in [0.25, 0.3) is 11.4 Å². The maximum Gasteiger partial charge on any atom is 0.205 e. The molecule has 0 saturated carbocycles. The van der Waals surface area contributed by atoms with Crippen molar-refractivity contribution in [1.29, 1.82) is 0 Å². The van der Waals surface area contributed by atoms with Gasteiger partial charge in [0.25, 0.3) is 0 Å². The number of benzene rings is 1. The van der Waals surface area contributed by atoms with Gasteiger partial charge in [-0.25, -0.2) is 8.78 Å². The molecule has 2 heterocycles. The molecule has 1 fully saturated rings. The maximum atomic E-state index is 13.2. The third-order valence-corrected chi connectivity index (χ3v) is 4.32. The highest BCUT2D eigenvalue weighted by Crippen LogP contribution is 2.28. The second kappa shape index (κ2) is 6.01. The van der Waals surface area contributed by atoms with Crippen LogP contribution in [0.2, 0.25) is 0 Å². The van der Waals surface area contributed by atoms with Gasteiger partial charge in [0.05, 0.1) is 6.67 Å². The summed E-state index contributed by atoms with van der Waals surface area (Å²) in [4.78, 5) is 6.32. The number of hydrogen-bond donors (Lipinski definition) is 0. The molecule has 0 bridgehead atoms. The molecule has 1 aliphatic heterocycles. The molecule has 0 aliphatic carbocycles. The van der Waals surface area contributed by atoms with Crippen LogP contribution in [0.5, 0.6) is 0 Å². The number of aromatic nitrogens is 2. The van der Waals surface area contributed by atoms with E-state index in [9.17, 15) is 13.2 Å². The SMILES string of the molecule is FCC1CCCN(c2nc(-c3cc(F)cc(F)c3)ns2)C1. The summed E-state index contributed by atoms with van der Waals surface area (Å²) in [6, 6.07) is 3.22. The van der Waals surface area contributed by atoms with Gasteiger partial charge in [0.1, 0.15) is 11.6 Å². The van der Waals surface area contributed by atoms with Crippen molar-refractivity contribution in [2.24, 2.45) is 5.92 Å². The first-order chi connectivity index (χ1) is 10.2. The highest BCUT2D eigenvalue weighted by Gasteiger charge is 2.22. The molecule has 3 nitrogen and oxygen atoms in total. The third-order valence-electron chi connectivity index (χ3n) is 3.54. The van der Waals surface area contributed by atoms with Gasteiger partial charge in [0.2, 0.25) is 5.13 Å². The molecule has 2 aromatic rings. The minimum atomic E-state index is -0.656. The fourth-order valence-corrected chi connectivity index (χ4v) is 3.23. The molecule has 0 spiro atoms. The first-order valence-corrected chi connectivity index (χ1v) is 7.54. The van der Waals surface area contributed by atoms with Crippen LogP contribution in [0.3, 0.4) is 0 Å². The van der Waals surface area contributed by atoms with Crippen LogP contribution in [0.1, 0.15) is 12.8 Å². The summed E-state index contributed by atoms with van der Waals surface area (Å²) in [6.07, 6.45) is 1.80. The van der Waals surface area contributed by atoms with Gasteiger partial charge in [0.15, 0.2) is 5.82 Å². The molecule has 0 radical (unpaired) electrons. The first kappa shape index (κ1) is 14.3. The Labute approximate surface area is 124 Å². The molecule has 7 heteroatoms. The van der Waals surface area contributed by atoms with Crippen LogP contribution in [0.15, 0.2) is 18.2 Å². The van der Waals surface area contributed by atoms with E-state index in [-0.39, 0.29) is 12.6 Å². The van der Waals surface area contributed by atoms with Crippen LogP contribution in [-0.4, -0.2) is 29.1 Å². The number of halogens is 3. The van der Waals surface area contributed by atoms with Crippen LogP contribution in [-0.2, 0) is 0 Å². The zero-order valence-electron chi connectivity index (χ0n) is 11.2. The topological polar surface area (TPSA) is 29.0 Å². The second-order valence-electron chi connectivity index (χ2n) is 5.17. The Bertz CT molecular complexity index is 611. The van der Waals surface area contributed by atoms with Crippen molar-refractivity contribution in [2.45, 2.75) is 12.8 Å². The van der Waals surface area contributed by atoms with E-state index in [0.29, 0.717) is 23.1 Å². The van der Waals surface area contributed by atoms with Crippen LogP contribution < -0.4 is 4.90 Å². The summed E-state index contributed by atoms with van der Waals surface area (Å²) in [5.41, 5.74) is 0.314. The van der Waals surface area contributed by atoms with Crippen molar-refractivity contribution >= 4 is 16.7 Å². The van der Waals surface area contributed by atoms with Crippen molar-refractivity contribution < 1.29 is 13.2 Å². The molecule has 1 unspecified atom stereocenters. The van der Waals surface area contributed by atoms with E-state index >= 15 is 0 Å². The lowest BCUT2D eigenvalue weighted by atomic mass is 10.0. The molecule has 1 saturated heterocycles. The third kappa shape index (κ3) is 3.18. The van der Waals surface area contributed by atoms with Gasteiger partial charge in [0, 0.05) is 42.2 Å². The van der Waals surface area contributed by atoms with Crippen molar-refractivity contribution in [3.63, 3.8) is 0 Å². The summed E-state index contributed by atoms with van der Waals surface area (Å²) >= 11 is 1.17. The van der Waals surface area contributed by atoms with Gasteiger partial charge in [-0.3, -0.25) is 4.39 Å². The van der Waals surface area contributed by atoms with Crippen molar-refractivity contribution in [2.75, 3.05) is 24.7 Å². The molecule has 0 amide bonds. The highest BCUT2D eigenvalue weighted by atomic mass is 32.1. The van der Waals surface area contributed by atoms with Crippen molar-refractivity contribution in [3.05, 3.63) is 29.8 Å². The lowest BCUT2D eigenvalue weighted by molar-refractivity contribution is 0.316. The monoisotopic (exact) mass is 313 g/mol. The summed E-state index contributed by atoms with van der Waals surface area (Å²) < 4.78 is 43.4. The largest absolute Gasteiger partial charge is 0.346 e. The van der Waals surface area contributed by atoms with Gasteiger partial charge in [-0.05, 0) is 25.0 Å². The van der Waals surface area contributed by atoms with Crippen molar-refractivity contribution in [1.82, 2.24) is 9.36 Å². The molecular formula is C14H14F3N3S. The van der Waals surface area contributed by atoms with E-state index in [2.05, 4.69) is 9.36 Å². The Kier molecular flexibility index (Phi) is 4.10. The van der Waals surface area contributed by atoms with E-state index in [1.54, 1.807) is 0 Å². The quantitative estimate of drug-likeness (QED) is 0.866. The Balaban J connectivity index is 1.82. The summed E-state index contributed by atoms with van der Waals surface area (Å²) in [6.45, 7) is 1.09. The minimum Gasteiger partial charge on any atom is -0.346 e. The summed E-state index contributed by atoms with van der Waals surface area (Å²) in [5.74, 6) is -0.984. The lowest BCUT2D eigenvalue weighted by Crippen LogP contribution is -2.36. The highest BCUT2D eigenvalue weighted by molar-refractivity contribution is 7.09. The zero-order chi connectivity index (χ0) is 14.8. The molecular weight excluding hydrogens is 299 g/mol. The fraction of sp³-hybridized carbons (Fsp3) is 0.429. The number of nitrogens with zero attached hydrogens (tertiary/aromatic N) is 3. The average molecular weight is 313 g/mol. The van der Waals surface area contributed by atoms with Crippen molar-refractivity contribution in [3.8, 4) is 11.4 Å². The molecule has 0 N–H and O–H groups in total. The second-order valence-corrected chi connectivity index (χ2v) is 5.90. The average Bonchev–Trinajstić information content (AvgIpc) is 2.96. The van der Waals surface area contributed by atoms with Gasteiger partial charge >= 0.3 is 0 Å². The minimum absolute atomic E-state index is 0.0257. The molecule has 1 atom stereocenters.